The third kappa shape index (κ3) is 4.77. The van der Waals surface area contributed by atoms with Gasteiger partial charge >= 0.3 is 0 Å². The average molecular weight is 564 g/mol. The number of nitrogens with zero attached hydrogens (tertiary/aromatic N) is 5. The molecule has 9 rings (SSSR count). The maximum absolute atomic E-state index is 13.8. The lowest BCUT2D eigenvalue weighted by molar-refractivity contribution is -0.132. The topological polar surface area (TPSA) is 98.2 Å². The van der Waals surface area contributed by atoms with Crippen LogP contribution < -0.4 is 4.90 Å². The first-order valence-electron chi connectivity index (χ1n) is 15.3. The molecule has 6 saturated carbocycles. The summed E-state index contributed by atoms with van der Waals surface area (Å²) in [6, 6.07) is 7.68. The van der Waals surface area contributed by atoms with Crippen LogP contribution in [0.5, 0.6) is 0 Å². The van der Waals surface area contributed by atoms with Crippen LogP contribution in [0.25, 0.3) is 11.5 Å². The summed E-state index contributed by atoms with van der Waals surface area (Å²) in [5, 5.41) is 12.8. The van der Waals surface area contributed by atoms with Gasteiger partial charge in [-0.15, -0.1) is 10.2 Å². The first-order chi connectivity index (χ1) is 19.8. The third-order valence-electron chi connectivity index (χ3n) is 10.4. The Morgan fingerprint density at radius 2 is 1.71 bits per heavy atom. The number of aromatic nitrogens is 4. The zero-order chi connectivity index (χ0) is 27.8. The SMILES string of the molecule is O=C(CC1CC(F)(F)C1)N(CC12CCC(c3nc(C4CC4)no3)(CC1)CC2)c1cccc(-c2nnc(C3CC3)o2)c1. The van der Waals surface area contributed by atoms with Crippen LogP contribution in [0.4, 0.5) is 14.5 Å². The molecule has 0 saturated heterocycles. The monoisotopic (exact) mass is 563 g/mol. The van der Waals surface area contributed by atoms with Crippen molar-refractivity contribution in [3.05, 3.63) is 41.9 Å². The minimum absolute atomic E-state index is 0.0278. The molecular formula is C31H35F2N5O3. The summed E-state index contributed by atoms with van der Waals surface area (Å²) < 4.78 is 39.0. The Hall–Kier alpha value is -3.17. The summed E-state index contributed by atoms with van der Waals surface area (Å²) >= 11 is 0. The van der Waals surface area contributed by atoms with E-state index in [1.807, 2.05) is 29.2 Å². The van der Waals surface area contributed by atoms with Crippen LogP contribution in [-0.4, -0.2) is 38.7 Å². The first kappa shape index (κ1) is 25.5. The molecule has 41 heavy (non-hydrogen) atoms. The molecule has 0 aliphatic heterocycles. The van der Waals surface area contributed by atoms with Gasteiger partial charge in [-0.3, -0.25) is 4.79 Å². The summed E-state index contributed by atoms with van der Waals surface area (Å²) in [6.45, 7) is 0.572. The van der Waals surface area contributed by atoms with E-state index in [-0.39, 0.29) is 41.9 Å². The Morgan fingerprint density at radius 1 is 0.976 bits per heavy atom. The van der Waals surface area contributed by atoms with Gasteiger partial charge in [-0.25, -0.2) is 8.78 Å². The van der Waals surface area contributed by atoms with Gasteiger partial charge in [0.05, 0.1) is 0 Å². The fraction of sp³-hybridized carbons (Fsp3) is 0.645. The van der Waals surface area contributed by atoms with Crippen molar-refractivity contribution in [3.63, 3.8) is 0 Å². The number of anilines is 1. The largest absolute Gasteiger partial charge is 0.420 e. The van der Waals surface area contributed by atoms with Crippen molar-refractivity contribution in [2.24, 2.45) is 11.3 Å². The number of carbonyl (C=O) groups is 1. The summed E-state index contributed by atoms with van der Waals surface area (Å²) in [5.74, 6) is 0.587. The van der Waals surface area contributed by atoms with E-state index in [1.54, 1.807) is 0 Å². The molecule has 6 aliphatic rings. The van der Waals surface area contributed by atoms with Gasteiger partial charge in [0.25, 0.3) is 0 Å². The highest BCUT2D eigenvalue weighted by atomic mass is 19.3. The summed E-state index contributed by atoms with van der Waals surface area (Å²) in [7, 11) is 0. The minimum Gasteiger partial charge on any atom is -0.420 e. The van der Waals surface area contributed by atoms with Crippen LogP contribution in [0.15, 0.2) is 33.2 Å². The van der Waals surface area contributed by atoms with Gasteiger partial charge in [-0.05, 0) is 93.7 Å². The van der Waals surface area contributed by atoms with Crippen LogP contribution >= 0.6 is 0 Å². The summed E-state index contributed by atoms with van der Waals surface area (Å²) in [5.41, 5.74) is 1.43. The third-order valence-corrected chi connectivity index (χ3v) is 10.4. The molecule has 0 unspecified atom stereocenters. The van der Waals surface area contributed by atoms with Gasteiger partial charge in [0.1, 0.15) is 0 Å². The van der Waals surface area contributed by atoms with Crippen LogP contribution in [0.3, 0.4) is 0 Å². The maximum atomic E-state index is 13.8. The Bertz CT molecular complexity index is 1440. The van der Waals surface area contributed by atoms with Crippen molar-refractivity contribution in [1.29, 1.82) is 0 Å². The van der Waals surface area contributed by atoms with E-state index in [0.717, 1.165) is 87.2 Å². The normalized spacial score (nSPS) is 28.9. The molecule has 6 aliphatic carbocycles. The predicted molar refractivity (Wildman–Crippen MR) is 144 cm³/mol. The highest BCUT2D eigenvalue weighted by Crippen LogP contribution is 2.58. The highest BCUT2D eigenvalue weighted by Gasteiger charge is 2.53. The van der Waals surface area contributed by atoms with Crippen LogP contribution in [0.2, 0.25) is 0 Å². The van der Waals surface area contributed by atoms with E-state index >= 15 is 0 Å². The molecule has 0 radical (unpaired) electrons. The van der Waals surface area contributed by atoms with Crippen molar-refractivity contribution in [2.45, 2.75) is 107 Å². The molecule has 216 valence electrons. The number of carbonyl (C=O) groups excluding carboxylic acids is 1. The highest BCUT2D eigenvalue weighted by molar-refractivity contribution is 5.94. The number of fused-ring (bicyclic) bond motifs is 3. The molecule has 0 N–H and O–H groups in total. The number of benzene rings is 1. The van der Waals surface area contributed by atoms with Gasteiger partial charge in [0, 0.05) is 54.3 Å². The van der Waals surface area contributed by atoms with E-state index < -0.39 is 5.92 Å². The molecule has 6 fully saturated rings. The van der Waals surface area contributed by atoms with E-state index in [0.29, 0.717) is 30.2 Å². The van der Waals surface area contributed by atoms with E-state index in [1.165, 1.54) is 0 Å². The fourth-order valence-corrected chi connectivity index (χ4v) is 7.38. The van der Waals surface area contributed by atoms with Gasteiger partial charge in [0.2, 0.25) is 29.5 Å². The predicted octanol–water partition coefficient (Wildman–Crippen LogP) is 6.94. The number of halogens is 2. The minimum atomic E-state index is -2.64. The Morgan fingerprint density at radius 3 is 2.39 bits per heavy atom. The number of alkyl halides is 2. The Kier molecular flexibility index (Phi) is 5.71. The maximum Gasteiger partial charge on any atom is 0.248 e. The smallest absolute Gasteiger partial charge is 0.248 e. The molecule has 0 atom stereocenters. The molecule has 1 amide bonds. The van der Waals surface area contributed by atoms with Gasteiger partial charge < -0.3 is 13.8 Å². The van der Waals surface area contributed by atoms with E-state index in [2.05, 4.69) is 15.4 Å². The zero-order valence-electron chi connectivity index (χ0n) is 23.2. The standard InChI is InChI=1S/C31H35F2N5O3/c32-31(33)16-19(17-31)14-24(39)38(23-3-1-2-22(15-23)27-36-35-26(40-27)21-6-7-21)18-29-8-11-30(12-9-29,13-10-29)28-34-25(37-41-28)20-4-5-20/h1-3,15,19-21H,4-14,16-18H2. The lowest BCUT2D eigenvalue weighted by Crippen LogP contribution is -2.51. The number of hydrogen-bond acceptors (Lipinski definition) is 7. The summed E-state index contributed by atoms with van der Waals surface area (Å²) in [6.07, 6.45) is 9.93. The second-order valence-electron chi connectivity index (χ2n) is 13.6. The molecule has 1 aromatic carbocycles. The fourth-order valence-electron chi connectivity index (χ4n) is 7.38. The van der Waals surface area contributed by atoms with Gasteiger partial charge in [-0.2, -0.15) is 4.98 Å². The Labute approximate surface area is 237 Å². The van der Waals surface area contributed by atoms with Crippen molar-refractivity contribution in [2.75, 3.05) is 11.4 Å². The lowest BCUT2D eigenvalue weighted by atomic mass is 9.53. The van der Waals surface area contributed by atoms with Crippen molar-refractivity contribution in [1.82, 2.24) is 20.3 Å². The average Bonchev–Trinajstić information content (AvgIpc) is 3.90. The van der Waals surface area contributed by atoms with Crippen molar-refractivity contribution >= 4 is 11.6 Å². The van der Waals surface area contributed by atoms with E-state index in [9.17, 15) is 13.6 Å². The molecule has 10 heteroatoms. The van der Waals surface area contributed by atoms with E-state index in [4.69, 9.17) is 13.9 Å². The zero-order valence-corrected chi connectivity index (χ0v) is 23.2. The quantitative estimate of drug-likeness (QED) is 0.278. The lowest BCUT2D eigenvalue weighted by Gasteiger charge is -2.53. The Balaban J connectivity index is 1.04. The first-order valence-corrected chi connectivity index (χ1v) is 15.3. The molecule has 2 bridgehead atoms. The van der Waals surface area contributed by atoms with Gasteiger partial charge in [0.15, 0.2) is 5.82 Å². The second-order valence-corrected chi connectivity index (χ2v) is 13.6. The molecule has 8 nitrogen and oxygen atoms in total. The molecule has 2 aromatic heterocycles. The number of rotatable bonds is 9. The molecule has 0 spiro atoms. The van der Waals surface area contributed by atoms with Crippen LogP contribution in [-0.2, 0) is 10.2 Å². The van der Waals surface area contributed by atoms with Crippen molar-refractivity contribution < 1.29 is 22.5 Å². The van der Waals surface area contributed by atoms with Crippen LogP contribution in [0, 0.1) is 11.3 Å². The number of hydrogen-bond donors (Lipinski definition) is 0. The van der Waals surface area contributed by atoms with Gasteiger partial charge in [-0.1, -0.05) is 11.2 Å². The summed E-state index contributed by atoms with van der Waals surface area (Å²) in [4.78, 5) is 20.5. The van der Waals surface area contributed by atoms with Crippen molar-refractivity contribution in [3.8, 4) is 11.5 Å². The second kappa shape index (κ2) is 9.16. The molecule has 2 heterocycles. The molecular weight excluding hydrogens is 528 g/mol. The van der Waals surface area contributed by atoms with Crippen LogP contribution in [0.1, 0.15) is 113 Å². The molecule has 3 aromatic rings. The number of amides is 1.